The van der Waals surface area contributed by atoms with Crippen LogP contribution >= 0.6 is 27.5 Å². The van der Waals surface area contributed by atoms with Crippen LogP contribution in [0.15, 0.2) is 53.0 Å². The van der Waals surface area contributed by atoms with Crippen molar-refractivity contribution < 1.29 is 0 Å². The van der Waals surface area contributed by atoms with Gasteiger partial charge in [0.2, 0.25) is 0 Å². The van der Waals surface area contributed by atoms with Crippen LogP contribution in [0.5, 0.6) is 0 Å². The maximum Gasteiger partial charge on any atom is 0.134 e. The molecule has 0 N–H and O–H groups in total. The van der Waals surface area contributed by atoms with Gasteiger partial charge in [-0.1, -0.05) is 71.3 Å². The average molecular weight is 470 g/mol. The number of aromatic nitrogens is 4. The predicted octanol–water partition coefficient (Wildman–Crippen LogP) is 6.57. The molecule has 148 valence electrons. The highest BCUT2D eigenvalue weighted by molar-refractivity contribution is 9.10. The standard InChI is InChI=1S/C23H22BrClN4/c1-14-5-9-18(10-6-14)22-20(24)23(19-11-7-15(2)8-12-19)29(27-22)13-28-17(4)21(25)16(3)26-28/h5-12H,13H2,1-4H3. The molecule has 0 aliphatic heterocycles. The Labute approximate surface area is 184 Å². The summed E-state index contributed by atoms with van der Waals surface area (Å²) in [4.78, 5) is 0. The Bertz CT molecular complexity index is 1170. The molecule has 0 atom stereocenters. The van der Waals surface area contributed by atoms with Gasteiger partial charge in [-0.25, -0.2) is 9.36 Å². The molecule has 4 nitrogen and oxygen atoms in total. The van der Waals surface area contributed by atoms with Gasteiger partial charge in [0.1, 0.15) is 12.4 Å². The first-order valence-corrected chi connectivity index (χ1v) is 10.6. The van der Waals surface area contributed by atoms with Gasteiger partial charge in [-0.05, 0) is 43.6 Å². The van der Waals surface area contributed by atoms with Crippen LogP contribution in [0, 0.1) is 27.7 Å². The zero-order chi connectivity index (χ0) is 20.7. The van der Waals surface area contributed by atoms with Gasteiger partial charge in [-0.15, -0.1) is 0 Å². The summed E-state index contributed by atoms with van der Waals surface area (Å²) in [7, 11) is 0. The number of hydrogen-bond donors (Lipinski definition) is 0. The number of rotatable bonds is 4. The minimum absolute atomic E-state index is 0.479. The van der Waals surface area contributed by atoms with Crippen LogP contribution in [0.3, 0.4) is 0 Å². The molecule has 4 rings (SSSR count). The lowest BCUT2D eigenvalue weighted by atomic mass is 10.1. The molecule has 2 heterocycles. The molecule has 0 radical (unpaired) electrons. The van der Waals surface area contributed by atoms with E-state index in [1.165, 1.54) is 11.1 Å². The Morgan fingerprint density at radius 1 is 0.793 bits per heavy atom. The molecule has 0 amide bonds. The van der Waals surface area contributed by atoms with E-state index in [0.29, 0.717) is 11.7 Å². The molecule has 2 aromatic heterocycles. The number of hydrogen-bond acceptors (Lipinski definition) is 2. The van der Waals surface area contributed by atoms with Crippen LogP contribution in [0.1, 0.15) is 22.5 Å². The van der Waals surface area contributed by atoms with Crippen LogP contribution in [0.25, 0.3) is 22.5 Å². The Morgan fingerprint density at radius 3 is 1.86 bits per heavy atom. The average Bonchev–Trinajstić information content (AvgIpc) is 3.15. The molecule has 6 heteroatoms. The van der Waals surface area contributed by atoms with Crippen molar-refractivity contribution in [1.29, 1.82) is 0 Å². The Morgan fingerprint density at radius 2 is 1.34 bits per heavy atom. The van der Waals surface area contributed by atoms with Gasteiger partial charge < -0.3 is 0 Å². The zero-order valence-electron chi connectivity index (χ0n) is 16.9. The molecule has 0 bridgehead atoms. The second kappa shape index (κ2) is 7.81. The van der Waals surface area contributed by atoms with Gasteiger partial charge in [0.25, 0.3) is 0 Å². The quantitative estimate of drug-likeness (QED) is 0.339. The van der Waals surface area contributed by atoms with Gasteiger partial charge >= 0.3 is 0 Å². The number of benzene rings is 2. The van der Waals surface area contributed by atoms with Crippen LogP contribution < -0.4 is 0 Å². The van der Waals surface area contributed by atoms with Crippen LogP contribution in [0.4, 0.5) is 0 Å². The van der Waals surface area contributed by atoms with E-state index in [-0.39, 0.29) is 0 Å². The lowest BCUT2D eigenvalue weighted by Crippen LogP contribution is -2.13. The van der Waals surface area contributed by atoms with Gasteiger partial charge in [0, 0.05) is 11.1 Å². The minimum Gasteiger partial charge on any atom is -0.246 e. The third-order valence-corrected chi connectivity index (χ3v) is 6.40. The van der Waals surface area contributed by atoms with Crippen molar-refractivity contribution in [3.05, 3.63) is 80.5 Å². The summed E-state index contributed by atoms with van der Waals surface area (Å²) in [5, 5.41) is 10.2. The first-order valence-electron chi connectivity index (χ1n) is 9.45. The summed E-state index contributed by atoms with van der Waals surface area (Å²) in [6.45, 7) is 8.55. The summed E-state index contributed by atoms with van der Waals surface area (Å²) in [6, 6.07) is 16.9. The van der Waals surface area contributed by atoms with Crippen molar-refractivity contribution in [2.75, 3.05) is 0 Å². The largest absolute Gasteiger partial charge is 0.246 e. The first kappa shape index (κ1) is 19.9. The fourth-order valence-corrected chi connectivity index (χ4v) is 4.24. The lowest BCUT2D eigenvalue weighted by molar-refractivity contribution is 0.496. The molecule has 2 aromatic carbocycles. The van der Waals surface area contributed by atoms with Gasteiger partial charge in [-0.3, -0.25) is 0 Å². The van der Waals surface area contributed by atoms with Crippen molar-refractivity contribution in [2.24, 2.45) is 0 Å². The van der Waals surface area contributed by atoms with E-state index in [2.05, 4.69) is 83.4 Å². The third kappa shape index (κ3) is 3.77. The van der Waals surface area contributed by atoms with Crippen LogP contribution in [-0.4, -0.2) is 19.6 Å². The summed E-state index contributed by atoms with van der Waals surface area (Å²) in [5.74, 6) is 0. The lowest BCUT2D eigenvalue weighted by Gasteiger charge is -2.10. The number of halogens is 2. The third-order valence-electron chi connectivity index (χ3n) is 5.11. The molecule has 0 saturated carbocycles. The van der Waals surface area contributed by atoms with E-state index in [1.807, 2.05) is 23.2 Å². The molecular formula is C23H22BrClN4. The van der Waals surface area contributed by atoms with Crippen molar-refractivity contribution >= 4 is 27.5 Å². The van der Waals surface area contributed by atoms with E-state index in [9.17, 15) is 0 Å². The SMILES string of the molecule is Cc1ccc(-c2nn(Cn3nc(C)c(Cl)c3C)c(-c3ccc(C)cc3)c2Br)cc1. The van der Waals surface area contributed by atoms with Crippen LogP contribution in [-0.2, 0) is 6.67 Å². The van der Waals surface area contributed by atoms with E-state index >= 15 is 0 Å². The van der Waals surface area contributed by atoms with Crippen molar-refractivity contribution in [3.63, 3.8) is 0 Å². The highest BCUT2D eigenvalue weighted by Crippen LogP contribution is 2.37. The summed E-state index contributed by atoms with van der Waals surface area (Å²) >= 11 is 10.2. The molecule has 0 unspecified atom stereocenters. The fourth-order valence-electron chi connectivity index (χ4n) is 3.37. The second-order valence-corrected chi connectivity index (χ2v) is 8.54. The highest BCUT2D eigenvalue weighted by Gasteiger charge is 2.20. The molecule has 4 aromatic rings. The zero-order valence-corrected chi connectivity index (χ0v) is 19.2. The van der Waals surface area contributed by atoms with Gasteiger partial charge in [0.15, 0.2) is 0 Å². The molecule has 0 fully saturated rings. The Kier molecular flexibility index (Phi) is 5.36. The number of aryl methyl sites for hydroxylation is 3. The normalized spacial score (nSPS) is 11.2. The molecule has 0 aliphatic carbocycles. The molecular weight excluding hydrogens is 448 g/mol. The predicted molar refractivity (Wildman–Crippen MR) is 122 cm³/mol. The van der Waals surface area contributed by atoms with Crippen molar-refractivity contribution in [1.82, 2.24) is 19.6 Å². The van der Waals surface area contributed by atoms with E-state index in [0.717, 1.165) is 38.4 Å². The summed E-state index contributed by atoms with van der Waals surface area (Å²) in [5.41, 5.74) is 8.30. The Balaban J connectivity index is 1.87. The minimum atomic E-state index is 0.479. The monoisotopic (exact) mass is 468 g/mol. The topological polar surface area (TPSA) is 35.6 Å². The van der Waals surface area contributed by atoms with E-state index in [4.69, 9.17) is 16.7 Å². The summed E-state index contributed by atoms with van der Waals surface area (Å²) < 4.78 is 4.85. The molecule has 0 spiro atoms. The van der Waals surface area contributed by atoms with E-state index in [1.54, 1.807) is 0 Å². The molecule has 29 heavy (non-hydrogen) atoms. The van der Waals surface area contributed by atoms with Gasteiger partial charge in [-0.2, -0.15) is 10.2 Å². The number of nitrogens with zero attached hydrogens (tertiary/aromatic N) is 4. The summed E-state index contributed by atoms with van der Waals surface area (Å²) in [6.07, 6.45) is 0. The second-order valence-electron chi connectivity index (χ2n) is 7.37. The van der Waals surface area contributed by atoms with Crippen LogP contribution in [0.2, 0.25) is 5.02 Å². The molecule has 0 saturated heterocycles. The Hall–Kier alpha value is -2.37. The fraction of sp³-hybridized carbons (Fsp3) is 0.217. The van der Waals surface area contributed by atoms with Gasteiger partial charge in [0.05, 0.1) is 26.6 Å². The maximum absolute atomic E-state index is 6.36. The maximum atomic E-state index is 6.36. The smallest absolute Gasteiger partial charge is 0.134 e. The first-order chi connectivity index (χ1) is 13.8. The van der Waals surface area contributed by atoms with Crippen molar-refractivity contribution in [3.8, 4) is 22.5 Å². The molecule has 0 aliphatic rings. The van der Waals surface area contributed by atoms with Crippen molar-refractivity contribution in [2.45, 2.75) is 34.4 Å². The highest BCUT2D eigenvalue weighted by atomic mass is 79.9. The van der Waals surface area contributed by atoms with E-state index < -0.39 is 0 Å².